The molecule has 5 nitrogen and oxygen atoms in total. The van der Waals surface area contributed by atoms with E-state index in [1.807, 2.05) is 41.2 Å². The number of thiocarbonyl (C=S) groups is 1. The molecule has 0 aliphatic heterocycles. The van der Waals surface area contributed by atoms with Gasteiger partial charge in [-0.25, -0.2) is 9.67 Å². The molecule has 3 rings (SSSR count). The molecule has 6 heteroatoms. The first-order valence-electron chi connectivity index (χ1n) is 7.51. The van der Waals surface area contributed by atoms with E-state index in [1.165, 1.54) is 5.56 Å². The molecule has 0 bridgehead atoms. The van der Waals surface area contributed by atoms with E-state index in [-0.39, 0.29) is 6.04 Å². The molecule has 0 amide bonds. The monoisotopic (exact) mass is 325 g/mol. The van der Waals surface area contributed by atoms with Gasteiger partial charge in [0.25, 0.3) is 0 Å². The highest BCUT2D eigenvalue weighted by Crippen LogP contribution is 2.19. The number of anilines is 2. The summed E-state index contributed by atoms with van der Waals surface area (Å²) < 4.78 is 1.90. The lowest BCUT2D eigenvalue weighted by molar-refractivity contribution is 0.546. The van der Waals surface area contributed by atoms with E-state index >= 15 is 0 Å². The van der Waals surface area contributed by atoms with Crippen LogP contribution in [0.3, 0.4) is 0 Å². The van der Waals surface area contributed by atoms with Gasteiger partial charge < -0.3 is 10.6 Å². The Balaban J connectivity index is 1.73. The molecule has 0 spiro atoms. The van der Waals surface area contributed by atoms with Crippen molar-refractivity contribution in [2.24, 2.45) is 0 Å². The molecule has 0 aliphatic rings. The van der Waals surface area contributed by atoms with Crippen molar-refractivity contribution in [3.8, 4) is 0 Å². The molecular weight excluding hydrogens is 306 g/mol. The summed E-state index contributed by atoms with van der Waals surface area (Å²) in [6.45, 7) is 6.22. The second-order valence-electron chi connectivity index (χ2n) is 5.76. The number of fused-ring (bicyclic) bond motifs is 1. The quantitative estimate of drug-likeness (QED) is 0.709. The lowest BCUT2D eigenvalue weighted by Crippen LogP contribution is -2.19. The number of rotatable bonds is 3. The van der Waals surface area contributed by atoms with E-state index < -0.39 is 0 Å². The molecule has 0 atom stereocenters. The van der Waals surface area contributed by atoms with Gasteiger partial charge in [0.15, 0.2) is 10.8 Å². The molecule has 23 heavy (non-hydrogen) atoms. The van der Waals surface area contributed by atoms with Crippen LogP contribution >= 0.6 is 12.2 Å². The number of benzene rings is 1. The van der Waals surface area contributed by atoms with Gasteiger partial charge >= 0.3 is 0 Å². The molecule has 2 aromatic heterocycles. The molecule has 0 fully saturated rings. The van der Waals surface area contributed by atoms with Gasteiger partial charge in [-0.15, -0.1) is 0 Å². The van der Waals surface area contributed by atoms with Crippen LogP contribution in [0.2, 0.25) is 0 Å². The van der Waals surface area contributed by atoms with Crippen LogP contribution < -0.4 is 10.6 Å². The first kappa shape index (κ1) is 15.4. The van der Waals surface area contributed by atoms with E-state index in [2.05, 4.69) is 41.5 Å². The molecule has 0 saturated carbocycles. The Kier molecular flexibility index (Phi) is 4.25. The third kappa shape index (κ3) is 3.48. The van der Waals surface area contributed by atoms with Crippen LogP contribution in [0.15, 0.2) is 42.7 Å². The van der Waals surface area contributed by atoms with E-state index in [9.17, 15) is 0 Å². The van der Waals surface area contributed by atoms with E-state index in [0.29, 0.717) is 5.11 Å². The van der Waals surface area contributed by atoms with Gasteiger partial charge in [-0.3, -0.25) is 0 Å². The fourth-order valence-electron chi connectivity index (χ4n) is 2.32. The molecule has 3 aromatic rings. The van der Waals surface area contributed by atoms with Gasteiger partial charge in [0.1, 0.15) is 0 Å². The summed E-state index contributed by atoms with van der Waals surface area (Å²) in [7, 11) is 0. The Morgan fingerprint density at radius 3 is 2.48 bits per heavy atom. The summed E-state index contributed by atoms with van der Waals surface area (Å²) >= 11 is 5.35. The Labute approximate surface area is 140 Å². The Hall–Kier alpha value is -2.47. The molecule has 0 saturated heterocycles. The van der Waals surface area contributed by atoms with Gasteiger partial charge in [-0.2, -0.15) is 5.10 Å². The highest BCUT2D eigenvalue weighted by molar-refractivity contribution is 7.80. The second-order valence-corrected chi connectivity index (χ2v) is 6.17. The molecule has 0 radical (unpaired) electrons. The maximum atomic E-state index is 5.35. The number of aryl methyl sites for hydroxylation is 1. The van der Waals surface area contributed by atoms with Crippen LogP contribution in [0.5, 0.6) is 0 Å². The van der Waals surface area contributed by atoms with Crippen molar-refractivity contribution in [2.75, 3.05) is 10.6 Å². The molecule has 2 heterocycles. The van der Waals surface area contributed by atoms with Crippen LogP contribution in [-0.2, 0) is 0 Å². The van der Waals surface area contributed by atoms with Gasteiger partial charge in [-0.05, 0) is 51.2 Å². The predicted molar refractivity (Wildman–Crippen MR) is 98.9 cm³/mol. The minimum absolute atomic E-state index is 0.281. The maximum Gasteiger partial charge on any atom is 0.175 e. The van der Waals surface area contributed by atoms with Crippen molar-refractivity contribution in [1.29, 1.82) is 0 Å². The normalized spacial score (nSPS) is 11.0. The van der Waals surface area contributed by atoms with Crippen molar-refractivity contribution in [3.63, 3.8) is 0 Å². The first-order chi connectivity index (χ1) is 11.0. The zero-order chi connectivity index (χ0) is 16.4. The number of hydrogen-bond donors (Lipinski definition) is 2. The zero-order valence-corrected chi connectivity index (χ0v) is 14.2. The average Bonchev–Trinajstić information content (AvgIpc) is 2.93. The Morgan fingerprint density at radius 1 is 1.09 bits per heavy atom. The van der Waals surface area contributed by atoms with Gasteiger partial charge in [0.2, 0.25) is 0 Å². The van der Waals surface area contributed by atoms with Crippen molar-refractivity contribution < 1.29 is 0 Å². The van der Waals surface area contributed by atoms with E-state index in [4.69, 9.17) is 12.2 Å². The fraction of sp³-hybridized carbons (Fsp3) is 0.235. The average molecular weight is 325 g/mol. The molecule has 0 unspecified atom stereocenters. The van der Waals surface area contributed by atoms with Crippen molar-refractivity contribution in [3.05, 3.63) is 48.3 Å². The molecule has 118 valence electrons. The second kappa shape index (κ2) is 6.34. The van der Waals surface area contributed by atoms with Crippen LogP contribution in [-0.4, -0.2) is 19.9 Å². The highest BCUT2D eigenvalue weighted by atomic mass is 32.1. The molecule has 0 aliphatic carbocycles. The van der Waals surface area contributed by atoms with Crippen LogP contribution in [0.1, 0.15) is 25.5 Å². The summed E-state index contributed by atoms with van der Waals surface area (Å²) in [6.07, 6.45) is 3.59. The lowest BCUT2D eigenvalue weighted by Gasteiger charge is -2.11. The number of aromatic nitrogens is 3. The van der Waals surface area contributed by atoms with E-state index in [1.54, 1.807) is 6.20 Å². The summed E-state index contributed by atoms with van der Waals surface area (Å²) in [6, 6.07) is 10.4. The zero-order valence-electron chi connectivity index (χ0n) is 13.4. The van der Waals surface area contributed by atoms with Gasteiger partial charge in [0.05, 0.1) is 18.1 Å². The van der Waals surface area contributed by atoms with E-state index in [0.717, 1.165) is 22.4 Å². The third-order valence-corrected chi connectivity index (χ3v) is 3.69. The van der Waals surface area contributed by atoms with Crippen molar-refractivity contribution in [1.82, 2.24) is 14.8 Å². The standard InChI is InChI=1S/C17H19N5S/c1-11(2)22-16-13(9-19-22)8-15(10-18-16)21-17(23)20-14-6-4-12(3)5-7-14/h4-11H,1-3H3,(H2,20,21,23). The molecular formula is C17H19N5S. The van der Waals surface area contributed by atoms with Crippen LogP contribution in [0.4, 0.5) is 11.4 Å². The first-order valence-corrected chi connectivity index (χ1v) is 7.91. The van der Waals surface area contributed by atoms with Gasteiger partial charge in [-0.1, -0.05) is 17.7 Å². The summed E-state index contributed by atoms with van der Waals surface area (Å²) in [5.41, 5.74) is 3.88. The number of pyridine rings is 1. The summed E-state index contributed by atoms with van der Waals surface area (Å²) in [5.74, 6) is 0. The minimum atomic E-state index is 0.281. The fourth-order valence-corrected chi connectivity index (χ4v) is 2.55. The number of nitrogens with one attached hydrogen (secondary N) is 2. The Morgan fingerprint density at radius 2 is 1.78 bits per heavy atom. The SMILES string of the molecule is Cc1ccc(NC(=S)Nc2cnc3c(cnn3C(C)C)c2)cc1. The predicted octanol–water partition coefficient (Wildman–Crippen LogP) is 4.13. The van der Waals surface area contributed by atoms with Crippen molar-refractivity contribution >= 4 is 39.7 Å². The smallest absolute Gasteiger partial charge is 0.175 e. The topological polar surface area (TPSA) is 54.8 Å². The summed E-state index contributed by atoms with van der Waals surface area (Å²) in [4.78, 5) is 4.48. The third-order valence-electron chi connectivity index (χ3n) is 3.49. The van der Waals surface area contributed by atoms with Crippen molar-refractivity contribution in [2.45, 2.75) is 26.8 Å². The molecule has 1 aromatic carbocycles. The largest absolute Gasteiger partial charge is 0.332 e. The number of hydrogen-bond acceptors (Lipinski definition) is 3. The molecule has 2 N–H and O–H groups in total. The Bertz CT molecular complexity index is 836. The summed E-state index contributed by atoms with van der Waals surface area (Å²) in [5, 5.41) is 12.2. The maximum absolute atomic E-state index is 5.35. The van der Waals surface area contributed by atoms with Gasteiger partial charge in [0, 0.05) is 17.1 Å². The van der Waals surface area contributed by atoms with Crippen LogP contribution in [0, 0.1) is 6.92 Å². The lowest BCUT2D eigenvalue weighted by atomic mass is 10.2. The highest BCUT2D eigenvalue weighted by Gasteiger charge is 2.08. The minimum Gasteiger partial charge on any atom is -0.332 e. The number of nitrogens with zero attached hydrogens (tertiary/aromatic N) is 3. The van der Waals surface area contributed by atoms with Crippen LogP contribution in [0.25, 0.3) is 11.0 Å².